The van der Waals surface area contributed by atoms with E-state index in [2.05, 4.69) is 59.8 Å². The van der Waals surface area contributed by atoms with Gasteiger partial charge in [0.2, 0.25) is 0 Å². The second kappa shape index (κ2) is 5.22. The molecule has 1 fully saturated rings. The largest absolute Gasteiger partial charge is 0.396 e. The van der Waals surface area contributed by atoms with Crippen molar-refractivity contribution in [3.63, 3.8) is 0 Å². The first kappa shape index (κ1) is 13.9. The van der Waals surface area contributed by atoms with Crippen molar-refractivity contribution in [3.05, 3.63) is 28.2 Å². The summed E-state index contributed by atoms with van der Waals surface area (Å²) in [7, 11) is 0. The first-order chi connectivity index (χ1) is 8.46. The van der Waals surface area contributed by atoms with Crippen molar-refractivity contribution in [2.24, 2.45) is 5.92 Å². The van der Waals surface area contributed by atoms with Crippen LogP contribution in [0.2, 0.25) is 0 Å². The van der Waals surface area contributed by atoms with E-state index < -0.39 is 0 Å². The van der Waals surface area contributed by atoms with Crippen molar-refractivity contribution in [3.8, 4) is 0 Å². The molecule has 0 spiro atoms. The van der Waals surface area contributed by atoms with Gasteiger partial charge in [-0.25, -0.2) is 0 Å². The Labute approximate surface area is 118 Å². The standard InChI is InChI=1S/C15H22BrNO/c1-11-9-13(6-7-14(11)16)17-8-4-5-12(10-18)15(17,2)3/h6-7,9,12,18H,4-5,8,10H2,1-3H3. The molecule has 0 saturated carbocycles. The van der Waals surface area contributed by atoms with Gasteiger partial charge in [0.05, 0.1) is 0 Å². The van der Waals surface area contributed by atoms with E-state index >= 15 is 0 Å². The highest BCUT2D eigenvalue weighted by Gasteiger charge is 2.38. The fourth-order valence-corrected chi connectivity index (χ4v) is 3.18. The predicted octanol–water partition coefficient (Wildman–Crippen LogP) is 3.74. The molecule has 0 amide bonds. The van der Waals surface area contributed by atoms with Gasteiger partial charge in [-0.05, 0) is 57.4 Å². The number of anilines is 1. The summed E-state index contributed by atoms with van der Waals surface area (Å²) in [4.78, 5) is 2.44. The maximum Gasteiger partial charge on any atom is 0.0481 e. The summed E-state index contributed by atoms with van der Waals surface area (Å²) < 4.78 is 1.15. The predicted molar refractivity (Wildman–Crippen MR) is 80.1 cm³/mol. The molecule has 2 nitrogen and oxygen atoms in total. The number of hydrogen-bond acceptors (Lipinski definition) is 2. The van der Waals surface area contributed by atoms with Gasteiger partial charge in [0.25, 0.3) is 0 Å². The quantitative estimate of drug-likeness (QED) is 0.899. The zero-order valence-corrected chi connectivity index (χ0v) is 13.0. The second-order valence-corrected chi connectivity index (χ2v) is 6.61. The van der Waals surface area contributed by atoms with Gasteiger partial charge in [-0.3, -0.25) is 0 Å². The number of nitrogens with zero attached hydrogens (tertiary/aromatic N) is 1. The summed E-state index contributed by atoms with van der Waals surface area (Å²) in [6.07, 6.45) is 2.28. The Hall–Kier alpha value is -0.540. The van der Waals surface area contributed by atoms with Crippen molar-refractivity contribution in [2.45, 2.75) is 39.2 Å². The number of rotatable bonds is 2. The van der Waals surface area contributed by atoms with E-state index in [1.165, 1.54) is 11.3 Å². The summed E-state index contributed by atoms with van der Waals surface area (Å²) in [5, 5.41) is 9.56. The van der Waals surface area contributed by atoms with Crippen molar-refractivity contribution >= 4 is 21.6 Å². The van der Waals surface area contributed by atoms with Crippen molar-refractivity contribution < 1.29 is 5.11 Å². The Balaban J connectivity index is 2.33. The van der Waals surface area contributed by atoms with E-state index in [4.69, 9.17) is 0 Å². The van der Waals surface area contributed by atoms with Crippen LogP contribution < -0.4 is 4.90 Å². The van der Waals surface area contributed by atoms with E-state index in [0.29, 0.717) is 5.92 Å². The van der Waals surface area contributed by atoms with Crippen LogP contribution in [-0.4, -0.2) is 23.8 Å². The van der Waals surface area contributed by atoms with Gasteiger partial charge in [0.15, 0.2) is 0 Å². The number of aliphatic hydroxyl groups is 1. The third-order valence-electron chi connectivity index (χ3n) is 4.30. The number of aliphatic hydroxyl groups excluding tert-OH is 1. The van der Waals surface area contributed by atoms with E-state index in [1.807, 2.05) is 0 Å². The molecule has 1 aromatic carbocycles. The van der Waals surface area contributed by atoms with Crippen LogP contribution in [0.25, 0.3) is 0 Å². The molecule has 3 heteroatoms. The Morgan fingerprint density at radius 3 is 2.78 bits per heavy atom. The minimum absolute atomic E-state index is 0.0211. The van der Waals surface area contributed by atoms with Gasteiger partial charge in [-0.15, -0.1) is 0 Å². The van der Waals surface area contributed by atoms with Gasteiger partial charge in [-0.1, -0.05) is 15.9 Å². The average molecular weight is 312 g/mol. The number of benzene rings is 1. The minimum atomic E-state index is 0.0211. The third kappa shape index (κ3) is 2.43. The average Bonchev–Trinajstić information content (AvgIpc) is 2.32. The Morgan fingerprint density at radius 2 is 2.17 bits per heavy atom. The zero-order chi connectivity index (χ0) is 13.3. The molecule has 1 heterocycles. The molecular formula is C15H22BrNO. The topological polar surface area (TPSA) is 23.5 Å². The van der Waals surface area contributed by atoms with Crippen LogP contribution in [0, 0.1) is 12.8 Å². The van der Waals surface area contributed by atoms with Gasteiger partial charge >= 0.3 is 0 Å². The van der Waals surface area contributed by atoms with Crippen LogP contribution in [-0.2, 0) is 0 Å². The molecule has 1 aromatic rings. The maximum atomic E-state index is 9.56. The number of piperidine rings is 1. The zero-order valence-electron chi connectivity index (χ0n) is 11.4. The number of halogens is 1. The molecule has 100 valence electrons. The molecule has 1 unspecified atom stereocenters. The molecular weight excluding hydrogens is 290 g/mol. The monoisotopic (exact) mass is 311 g/mol. The molecule has 0 aliphatic carbocycles. The highest BCUT2D eigenvalue weighted by molar-refractivity contribution is 9.10. The van der Waals surface area contributed by atoms with E-state index in [1.54, 1.807) is 0 Å². The lowest BCUT2D eigenvalue weighted by Gasteiger charge is -2.49. The second-order valence-electron chi connectivity index (χ2n) is 5.76. The molecule has 1 atom stereocenters. The molecule has 1 N–H and O–H groups in total. The Kier molecular flexibility index (Phi) is 4.02. The first-order valence-electron chi connectivity index (χ1n) is 6.61. The Morgan fingerprint density at radius 1 is 1.44 bits per heavy atom. The fourth-order valence-electron chi connectivity index (χ4n) is 2.93. The Bertz CT molecular complexity index is 431. The molecule has 2 rings (SSSR count). The van der Waals surface area contributed by atoms with Crippen LogP contribution in [0.15, 0.2) is 22.7 Å². The molecule has 18 heavy (non-hydrogen) atoms. The first-order valence-corrected chi connectivity index (χ1v) is 7.40. The summed E-state index contributed by atoms with van der Waals surface area (Å²) in [6.45, 7) is 7.95. The normalized spacial score (nSPS) is 23.2. The lowest BCUT2D eigenvalue weighted by molar-refractivity contribution is 0.136. The van der Waals surface area contributed by atoms with Crippen LogP contribution >= 0.6 is 15.9 Å². The maximum absolute atomic E-state index is 9.56. The molecule has 1 aliphatic rings. The van der Waals surface area contributed by atoms with Crippen LogP contribution in [0.4, 0.5) is 5.69 Å². The highest BCUT2D eigenvalue weighted by Crippen LogP contribution is 2.37. The molecule has 1 aliphatic heterocycles. The number of aryl methyl sites for hydroxylation is 1. The SMILES string of the molecule is Cc1cc(N2CCCC(CO)C2(C)C)ccc1Br. The highest BCUT2D eigenvalue weighted by atomic mass is 79.9. The van der Waals surface area contributed by atoms with Gasteiger partial charge in [0.1, 0.15) is 0 Å². The lowest BCUT2D eigenvalue weighted by atomic mass is 9.79. The van der Waals surface area contributed by atoms with E-state index in [9.17, 15) is 5.11 Å². The van der Waals surface area contributed by atoms with Gasteiger partial charge in [-0.2, -0.15) is 0 Å². The summed E-state index contributed by atoms with van der Waals surface area (Å²) in [5.74, 6) is 0.357. The lowest BCUT2D eigenvalue weighted by Crippen LogP contribution is -2.54. The van der Waals surface area contributed by atoms with Crippen molar-refractivity contribution in [1.29, 1.82) is 0 Å². The summed E-state index contributed by atoms with van der Waals surface area (Å²) in [5.41, 5.74) is 2.54. The van der Waals surface area contributed by atoms with Crippen LogP contribution in [0.1, 0.15) is 32.3 Å². The third-order valence-corrected chi connectivity index (χ3v) is 5.19. The van der Waals surface area contributed by atoms with Crippen molar-refractivity contribution in [2.75, 3.05) is 18.1 Å². The van der Waals surface area contributed by atoms with Crippen LogP contribution in [0.5, 0.6) is 0 Å². The molecule has 0 aromatic heterocycles. The van der Waals surface area contributed by atoms with Crippen LogP contribution in [0.3, 0.4) is 0 Å². The van der Waals surface area contributed by atoms with E-state index in [0.717, 1.165) is 23.9 Å². The van der Waals surface area contributed by atoms with Crippen molar-refractivity contribution in [1.82, 2.24) is 0 Å². The summed E-state index contributed by atoms with van der Waals surface area (Å²) in [6, 6.07) is 6.51. The minimum Gasteiger partial charge on any atom is -0.396 e. The number of hydrogen-bond donors (Lipinski definition) is 1. The molecule has 1 saturated heterocycles. The van der Waals surface area contributed by atoms with Gasteiger partial charge < -0.3 is 10.0 Å². The smallest absolute Gasteiger partial charge is 0.0481 e. The summed E-state index contributed by atoms with van der Waals surface area (Å²) >= 11 is 3.55. The molecule has 0 radical (unpaired) electrons. The van der Waals surface area contributed by atoms with Gasteiger partial charge in [0, 0.05) is 34.8 Å². The fraction of sp³-hybridized carbons (Fsp3) is 0.600. The van der Waals surface area contributed by atoms with E-state index in [-0.39, 0.29) is 12.1 Å². The molecule has 0 bridgehead atoms.